The number of carbonyl (C=O) groups excluding carboxylic acids is 1. The first-order valence-corrected chi connectivity index (χ1v) is 10.3. The molecule has 0 heterocycles. The third-order valence-electron chi connectivity index (χ3n) is 4.20. The van der Waals surface area contributed by atoms with Gasteiger partial charge in [-0.2, -0.15) is 0 Å². The van der Waals surface area contributed by atoms with Gasteiger partial charge in [-0.25, -0.2) is 17.2 Å². The predicted molar refractivity (Wildman–Crippen MR) is 108 cm³/mol. The Hall–Kier alpha value is -3.46. The van der Waals surface area contributed by atoms with Gasteiger partial charge in [0.05, 0.1) is 12.0 Å². The molecule has 9 heteroatoms. The number of nitrogens with one attached hydrogen (secondary N) is 2. The van der Waals surface area contributed by atoms with Crippen molar-refractivity contribution in [3.05, 3.63) is 89.5 Å². The summed E-state index contributed by atoms with van der Waals surface area (Å²) in [5.74, 6) is -1.33. The van der Waals surface area contributed by atoms with Gasteiger partial charge in [-0.3, -0.25) is 9.52 Å². The first kappa shape index (κ1) is 21.3. The van der Waals surface area contributed by atoms with Crippen LogP contribution in [0.3, 0.4) is 0 Å². The molecular weight excluding hydrogens is 414 g/mol. The van der Waals surface area contributed by atoms with Gasteiger partial charge in [0.25, 0.3) is 15.9 Å². The molecule has 0 atom stereocenters. The maximum Gasteiger partial charge on any atom is 0.261 e. The summed E-state index contributed by atoms with van der Waals surface area (Å²) in [4.78, 5) is 12.2. The molecule has 0 bridgehead atoms. The van der Waals surface area contributed by atoms with Crippen molar-refractivity contribution >= 4 is 21.6 Å². The summed E-state index contributed by atoms with van der Waals surface area (Å²) in [6.07, 6.45) is 0. The van der Waals surface area contributed by atoms with Gasteiger partial charge < -0.3 is 10.1 Å². The maximum atomic E-state index is 13.7. The van der Waals surface area contributed by atoms with Gasteiger partial charge >= 0.3 is 0 Å². The Bertz CT molecular complexity index is 1170. The number of halogens is 2. The van der Waals surface area contributed by atoms with Crippen LogP contribution in [0, 0.1) is 11.6 Å². The Labute approximate surface area is 172 Å². The third kappa shape index (κ3) is 5.12. The lowest BCUT2D eigenvalue weighted by Gasteiger charge is -2.11. The average Bonchev–Trinajstić information content (AvgIpc) is 2.74. The van der Waals surface area contributed by atoms with Crippen molar-refractivity contribution in [3.8, 4) is 5.75 Å². The van der Waals surface area contributed by atoms with Gasteiger partial charge in [0.1, 0.15) is 17.4 Å². The summed E-state index contributed by atoms with van der Waals surface area (Å²) >= 11 is 0. The van der Waals surface area contributed by atoms with Crippen LogP contribution in [0.1, 0.15) is 15.9 Å². The van der Waals surface area contributed by atoms with E-state index >= 15 is 0 Å². The van der Waals surface area contributed by atoms with Gasteiger partial charge in [-0.1, -0.05) is 6.07 Å². The first-order chi connectivity index (χ1) is 14.3. The molecule has 0 spiro atoms. The summed E-state index contributed by atoms with van der Waals surface area (Å²) in [5, 5.41) is 2.45. The molecule has 0 aromatic heterocycles. The lowest BCUT2D eigenvalue weighted by molar-refractivity contribution is 0.0950. The normalized spacial score (nSPS) is 11.0. The minimum absolute atomic E-state index is 0.0201. The number of methoxy groups -OCH3 is 1. The van der Waals surface area contributed by atoms with Gasteiger partial charge in [-0.05, 0) is 60.7 Å². The average molecular weight is 432 g/mol. The number of ether oxygens (including phenoxy) is 1. The number of benzene rings is 3. The van der Waals surface area contributed by atoms with Gasteiger partial charge in [0.15, 0.2) is 0 Å². The zero-order valence-corrected chi connectivity index (χ0v) is 16.7. The van der Waals surface area contributed by atoms with Crippen LogP contribution in [0.5, 0.6) is 5.75 Å². The molecule has 6 nitrogen and oxygen atoms in total. The van der Waals surface area contributed by atoms with Crippen molar-refractivity contribution in [1.82, 2.24) is 5.32 Å². The molecule has 2 N–H and O–H groups in total. The number of anilines is 1. The smallest absolute Gasteiger partial charge is 0.261 e. The second kappa shape index (κ2) is 8.91. The topological polar surface area (TPSA) is 84.5 Å². The van der Waals surface area contributed by atoms with Crippen LogP contribution in [0.25, 0.3) is 0 Å². The zero-order valence-electron chi connectivity index (χ0n) is 15.9. The van der Waals surface area contributed by atoms with E-state index in [1.165, 1.54) is 31.4 Å². The summed E-state index contributed by atoms with van der Waals surface area (Å²) in [7, 11) is -2.45. The van der Waals surface area contributed by atoms with Crippen LogP contribution >= 0.6 is 0 Å². The second-order valence-corrected chi connectivity index (χ2v) is 7.96. The Morgan fingerprint density at radius 1 is 1.00 bits per heavy atom. The van der Waals surface area contributed by atoms with E-state index in [2.05, 4.69) is 10.0 Å². The summed E-state index contributed by atoms with van der Waals surface area (Å²) < 4.78 is 59.6. The fourth-order valence-electron chi connectivity index (χ4n) is 2.63. The van der Waals surface area contributed by atoms with Crippen molar-refractivity contribution in [3.63, 3.8) is 0 Å². The van der Waals surface area contributed by atoms with E-state index in [1.807, 2.05) is 0 Å². The molecule has 0 saturated heterocycles. The van der Waals surface area contributed by atoms with Crippen molar-refractivity contribution in [1.29, 1.82) is 0 Å². The van der Waals surface area contributed by atoms with Gasteiger partial charge in [0, 0.05) is 23.4 Å². The number of sulfonamides is 1. The molecule has 0 aliphatic rings. The lowest BCUT2D eigenvalue weighted by atomic mass is 10.2. The van der Waals surface area contributed by atoms with Crippen molar-refractivity contribution < 1.29 is 26.7 Å². The minimum Gasteiger partial charge on any atom is -0.497 e. The highest BCUT2D eigenvalue weighted by atomic mass is 32.2. The van der Waals surface area contributed by atoms with E-state index in [0.717, 1.165) is 18.2 Å². The Morgan fingerprint density at radius 3 is 2.43 bits per heavy atom. The third-order valence-corrected chi connectivity index (χ3v) is 5.57. The lowest BCUT2D eigenvalue weighted by Crippen LogP contribution is -2.24. The highest BCUT2D eigenvalue weighted by Crippen LogP contribution is 2.20. The quantitative estimate of drug-likeness (QED) is 0.596. The van der Waals surface area contributed by atoms with Crippen LogP contribution in [0.2, 0.25) is 0 Å². The number of carbonyl (C=O) groups is 1. The molecule has 0 aliphatic heterocycles. The fourth-order valence-corrected chi connectivity index (χ4v) is 3.74. The van der Waals surface area contributed by atoms with Gasteiger partial charge in [-0.15, -0.1) is 0 Å². The molecule has 0 saturated carbocycles. The Morgan fingerprint density at radius 2 is 1.73 bits per heavy atom. The highest BCUT2D eigenvalue weighted by molar-refractivity contribution is 7.92. The van der Waals surface area contributed by atoms with Crippen LogP contribution in [0.15, 0.2) is 71.6 Å². The molecule has 1 amide bonds. The van der Waals surface area contributed by atoms with Crippen LogP contribution < -0.4 is 14.8 Å². The molecule has 3 aromatic rings. The molecule has 156 valence electrons. The summed E-state index contributed by atoms with van der Waals surface area (Å²) in [6.45, 7) is -0.247. The van der Waals surface area contributed by atoms with E-state index in [1.54, 1.807) is 24.3 Å². The molecule has 0 radical (unpaired) electrons. The van der Waals surface area contributed by atoms with Gasteiger partial charge in [0.2, 0.25) is 0 Å². The highest BCUT2D eigenvalue weighted by Gasteiger charge is 2.17. The molecule has 3 rings (SSSR count). The molecule has 0 fully saturated rings. The largest absolute Gasteiger partial charge is 0.497 e. The molecule has 0 aliphatic carbocycles. The van der Waals surface area contributed by atoms with Crippen molar-refractivity contribution in [2.75, 3.05) is 11.8 Å². The monoisotopic (exact) mass is 432 g/mol. The minimum atomic E-state index is -3.95. The summed E-state index contributed by atoms with van der Waals surface area (Å²) in [6, 6.07) is 14.6. The van der Waals surface area contributed by atoms with Crippen LogP contribution in [-0.4, -0.2) is 21.4 Å². The molecule has 3 aromatic carbocycles. The zero-order chi connectivity index (χ0) is 21.7. The van der Waals surface area contributed by atoms with E-state index in [0.29, 0.717) is 11.4 Å². The van der Waals surface area contributed by atoms with E-state index in [4.69, 9.17) is 4.74 Å². The first-order valence-electron chi connectivity index (χ1n) is 8.77. The fraction of sp³-hybridized carbons (Fsp3) is 0.0952. The van der Waals surface area contributed by atoms with Crippen LogP contribution in [0.4, 0.5) is 14.5 Å². The standard InChI is InChI=1S/C21H18F2N2O4S/c1-29-18-8-6-17(7-9-18)25-30(27,28)19-4-2-3-14(12-19)21(26)24-13-15-11-16(22)5-10-20(15)23/h2-12,25H,13H2,1H3,(H,24,26). The van der Waals surface area contributed by atoms with E-state index in [-0.39, 0.29) is 22.6 Å². The van der Waals surface area contributed by atoms with Crippen LogP contribution in [-0.2, 0) is 16.6 Å². The Balaban J connectivity index is 1.73. The number of amides is 1. The Kier molecular flexibility index (Phi) is 6.31. The summed E-state index contributed by atoms with van der Waals surface area (Å²) in [5.41, 5.74) is 0.366. The number of hydrogen-bond donors (Lipinski definition) is 2. The molecule has 0 unspecified atom stereocenters. The van der Waals surface area contributed by atoms with Crippen molar-refractivity contribution in [2.45, 2.75) is 11.4 Å². The number of hydrogen-bond acceptors (Lipinski definition) is 4. The number of rotatable bonds is 7. The van der Waals surface area contributed by atoms with Crippen molar-refractivity contribution in [2.24, 2.45) is 0 Å². The SMILES string of the molecule is COc1ccc(NS(=O)(=O)c2cccc(C(=O)NCc3cc(F)ccc3F)c2)cc1. The van der Waals surface area contributed by atoms with E-state index in [9.17, 15) is 22.0 Å². The predicted octanol–water partition coefficient (Wildman–Crippen LogP) is 3.70. The molecule has 30 heavy (non-hydrogen) atoms. The molecular formula is C21H18F2N2O4S. The second-order valence-electron chi connectivity index (χ2n) is 6.28. The van der Waals surface area contributed by atoms with E-state index < -0.39 is 27.6 Å². The maximum absolute atomic E-state index is 13.7.